The van der Waals surface area contributed by atoms with Gasteiger partial charge in [0.25, 0.3) is 0 Å². The number of hydrogen-bond donors (Lipinski definition) is 0. The van der Waals surface area contributed by atoms with E-state index in [1.165, 1.54) is 6.54 Å². The van der Waals surface area contributed by atoms with Crippen LogP contribution in [0.4, 0.5) is 0 Å². The molecule has 0 heterocycles. The fourth-order valence-electron chi connectivity index (χ4n) is 0.752. The first-order valence-corrected chi connectivity index (χ1v) is 4.14. The molecule has 1 nitrogen and oxygen atoms in total. The van der Waals surface area contributed by atoms with Crippen LogP contribution in [0.15, 0.2) is 0 Å². The smallest absolute Gasteiger partial charge is 0.000122 e. The highest BCUT2D eigenvalue weighted by Gasteiger charge is 1.95. The summed E-state index contributed by atoms with van der Waals surface area (Å²) in [7, 11) is 2.15. The van der Waals surface area contributed by atoms with Crippen molar-refractivity contribution in [2.75, 3.05) is 20.1 Å². The zero-order valence-corrected chi connectivity index (χ0v) is 8.52. The Morgan fingerprint density at radius 1 is 1.45 bits per heavy atom. The highest BCUT2D eigenvalue weighted by atomic mass is 15.1. The molecule has 0 aliphatic heterocycles. The lowest BCUT2D eigenvalue weighted by Gasteiger charge is -2.15. The molecule has 1 heteroatoms. The maximum absolute atomic E-state index is 4.60. The van der Waals surface area contributed by atoms with Gasteiger partial charge >= 0.3 is 0 Å². The van der Waals surface area contributed by atoms with Gasteiger partial charge < -0.3 is 4.90 Å². The van der Waals surface area contributed by atoms with Crippen LogP contribution in [-0.2, 0) is 0 Å². The molecule has 0 amide bonds. The molecule has 0 aromatic heterocycles. The molecular weight excluding hydrogens is 134 g/mol. The standard InChI is InChI=1S/C7H17N.C3H4/c1-5-8(4)6-7(2)3;1-3-2/h7H,5-6H2,1-4H3;1H,2H3. The SMILES string of the molecule is C#CC.CCN(C)CC(C)C. The van der Waals surface area contributed by atoms with Gasteiger partial charge in [-0.05, 0) is 26.4 Å². The Labute approximate surface area is 71.8 Å². The Morgan fingerprint density at radius 2 is 1.82 bits per heavy atom. The molecule has 0 aromatic rings. The third-order valence-electron chi connectivity index (χ3n) is 1.22. The van der Waals surface area contributed by atoms with Crippen LogP contribution in [0.2, 0.25) is 0 Å². The van der Waals surface area contributed by atoms with Crippen LogP contribution in [0.25, 0.3) is 0 Å². The van der Waals surface area contributed by atoms with E-state index in [2.05, 4.69) is 45.1 Å². The lowest BCUT2D eigenvalue weighted by molar-refractivity contribution is 0.310. The molecule has 0 rings (SSSR count). The van der Waals surface area contributed by atoms with E-state index in [9.17, 15) is 0 Å². The van der Waals surface area contributed by atoms with Gasteiger partial charge in [-0.15, -0.1) is 12.3 Å². The molecule has 66 valence electrons. The monoisotopic (exact) mass is 155 g/mol. The molecule has 0 aliphatic carbocycles. The van der Waals surface area contributed by atoms with Crippen LogP contribution in [0, 0.1) is 18.3 Å². The zero-order valence-electron chi connectivity index (χ0n) is 8.52. The Morgan fingerprint density at radius 3 is 1.91 bits per heavy atom. The van der Waals surface area contributed by atoms with E-state index in [-0.39, 0.29) is 0 Å². The van der Waals surface area contributed by atoms with Crippen LogP contribution in [0.1, 0.15) is 27.7 Å². The van der Waals surface area contributed by atoms with Crippen molar-refractivity contribution >= 4 is 0 Å². The summed E-state index contributed by atoms with van der Waals surface area (Å²) < 4.78 is 0. The molecule has 11 heavy (non-hydrogen) atoms. The van der Waals surface area contributed by atoms with E-state index >= 15 is 0 Å². The summed E-state index contributed by atoms with van der Waals surface area (Å²) in [4.78, 5) is 2.32. The van der Waals surface area contributed by atoms with Crippen LogP contribution in [-0.4, -0.2) is 25.0 Å². The number of hydrogen-bond acceptors (Lipinski definition) is 1. The minimum atomic E-state index is 0.806. The largest absolute Gasteiger partial charge is 0.306 e. The first-order valence-electron chi connectivity index (χ1n) is 4.14. The van der Waals surface area contributed by atoms with E-state index < -0.39 is 0 Å². The van der Waals surface area contributed by atoms with Crippen molar-refractivity contribution in [2.24, 2.45) is 5.92 Å². The topological polar surface area (TPSA) is 3.24 Å². The summed E-state index contributed by atoms with van der Waals surface area (Å²) in [5, 5.41) is 0. The molecule has 0 aromatic carbocycles. The number of terminal acetylenes is 1. The molecule has 0 bridgehead atoms. The number of rotatable bonds is 3. The first kappa shape index (κ1) is 13.1. The Balaban J connectivity index is 0. The lowest BCUT2D eigenvalue weighted by atomic mass is 10.2. The predicted molar refractivity (Wildman–Crippen MR) is 52.5 cm³/mol. The van der Waals surface area contributed by atoms with Crippen molar-refractivity contribution in [1.82, 2.24) is 4.90 Å². The third kappa shape index (κ3) is 17.7. The van der Waals surface area contributed by atoms with Gasteiger partial charge in [-0.25, -0.2) is 0 Å². The fourth-order valence-corrected chi connectivity index (χ4v) is 0.752. The minimum Gasteiger partial charge on any atom is -0.306 e. The van der Waals surface area contributed by atoms with Crippen LogP contribution >= 0.6 is 0 Å². The van der Waals surface area contributed by atoms with Crippen LogP contribution < -0.4 is 0 Å². The van der Waals surface area contributed by atoms with Gasteiger partial charge in [0.1, 0.15) is 0 Å². The summed E-state index contributed by atoms with van der Waals surface area (Å²) in [5.74, 6) is 3.06. The zero-order chi connectivity index (χ0) is 9.28. The second-order valence-corrected chi connectivity index (χ2v) is 3.04. The van der Waals surface area contributed by atoms with Gasteiger partial charge in [-0.2, -0.15) is 0 Å². The van der Waals surface area contributed by atoms with Gasteiger partial charge in [0.15, 0.2) is 0 Å². The summed E-state index contributed by atoms with van der Waals surface area (Å²) in [5.41, 5.74) is 0. The quantitative estimate of drug-likeness (QED) is 0.565. The third-order valence-corrected chi connectivity index (χ3v) is 1.22. The second kappa shape index (κ2) is 9.52. The molecule has 0 spiro atoms. The van der Waals surface area contributed by atoms with Gasteiger partial charge in [-0.3, -0.25) is 0 Å². The van der Waals surface area contributed by atoms with Crippen molar-refractivity contribution in [3.05, 3.63) is 0 Å². The van der Waals surface area contributed by atoms with E-state index in [0.717, 1.165) is 12.5 Å². The second-order valence-electron chi connectivity index (χ2n) is 3.04. The van der Waals surface area contributed by atoms with Crippen molar-refractivity contribution in [3.8, 4) is 12.3 Å². The van der Waals surface area contributed by atoms with Crippen molar-refractivity contribution in [3.63, 3.8) is 0 Å². The lowest BCUT2D eigenvalue weighted by Crippen LogP contribution is -2.22. The van der Waals surface area contributed by atoms with E-state index in [0.29, 0.717) is 0 Å². The van der Waals surface area contributed by atoms with E-state index in [1.807, 2.05) is 0 Å². The highest BCUT2D eigenvalue weighted by Crippen LogP contribution is 1.93. The van der Waals surface area contributed by atoms with Gasteiger partial charge in [0.05, 0.1) is 0 Å². The number of nitrogens with zero attached hydrogens (tertiary/aromatic N) is 1. The van der Waals surface area contributed by atoms with Crippen molar-refractivity contribution in [2.45, 2.75) is 27.7 Å². The minimum absolute atomic E-state index is 0.806. The molecule has 0 fully saturated rings. The van der Waals surface area contributed by atoms with Gasteiger partial charge in [-0.1, -0.05) is 20.8 Å². The summed E-state index contributed by atoms with van der Waals surface area (Å²) in [6.45, 7) is 10.7. The van der Waals surface area contributed by atoms with Crippen molar-refractivity contribution in [1.29, 1.82) is 0 Å². The Kier molecular flexibility index (Phi) is 11.4. The molecule has 0 saturated heterocycles. The molecule has 0 N–H and O–H groups in total. The fraction of sp³-hybridized carbons (Fsp3) is 0.800. The molecule has 0 atom stereocenters. The van der Waals surface area contributed by atoms with Crippen LogP contribution in [0.3, 0.4) is 0 Å². The van der Waals surface area contributed by atoms with Gasteiger partial charge in [0.2, 0.25) is 0 Å². The maximum Gasteiger partial charge on any atom is 0.000122 e. The molecule has 0 aliphatic rings. The first-order chi connectivity index (χ1) is 5.08. The van der Waals surface area contributed by atoms with E-state index in [1.54, 1.807) is 6.92 Å². The predicted octanol–water partition coefficient (Wildman–Crippen LogP) is 2.23. The average Bonchev–Trinajstić information content (AvgIpc) is 1.88. The summed E-state index contributed by atoms with van der Waals surface area (Å²) in [6, 6.07) is 0. The Bertz CT molecular complexity index is 99.9. The van der Waals surface area contributed by atoms with E-state index in [4.69, 9.17) is 0 Å². The molecular formula is C10H21N. The summed E-state index contributed by atoms with van der Waals surface area (Å²) in [6.07, 6.45) is 4.60. The molecule has 0 unspecified atom stereocenters. The normalized spacial score (nSPS) is 8.91. The maximum atomic E-state index is 4.60. The summed E-state index contributed by atoms with van der Waals surface area (Å²) >= 11 is 0. The highest BCUT2D eigenvalue weighted by molar-refractivity contribution is 4.73. The average molecular weight is 155 g/mol. The van der Waals surface area contributed by atoms with Crippen LogP contribution in [0.5, 0.6) is 0 Å². The molecule has 0 radical (unpaired) electrons. The van der Waals surface area contributed by atoms with Crippen molar-refractivity contribution < 1.29 is 0 Å². The molecule has 0 saturated carbocycles. The Hall–Kier alpha value is -0.480. The van der Waals surface area contributed by atoms with Gasteiger partial charge in [0, 0.05) is 6.54 Å².